The quantitative estimate of drug-likeness (QED) is 0.234. The zero-order valence-electron chi connectivity index (χ0n) is 23.1. The van der Waals surface area contributed by atoms with Crippen molar-refractivity contribution in [2.75, 3.05) is 11.9 Å². The molecule has 5 fully saturated rings. The molecule has 4 saturated carbocycles. The summed E-state index contributed by atoms with van der Waals surface area (Å²) in [5.74, 6) is 0.828. The van der Waals surface area contributed by atoms with Crippen molar-refractivity contribution in [3.8, 4) is 0 Å². The molecule has 8 atom stereocenters. The van der Waals surface area contributed by atoms with Crippen molar-refractivity contribution < 1.29 is 28.9 Å². The molecule has 4 unspecified atom stereocenters. The van der Waals surface area contributed by atoms with Crippen LogP contribution in [0.25, 0.3) is 11.0 Å². The SMILES string of the molecule is C=C1[C@@H](OC(C)=O)[C@H](n2ncc3c(NC4C5CC6C[C@H]4CC(O)(C6)C5)nc(Cl)nc32)O[C@@H]1COC(=O)c1ccccc1. The Bertz CT molecular complexity index is 1550. The second kappa shape index (κ2) is 10.3. The van der Waals surface area contributed by atoms with Crippen molar-refractivity contribution in [2.45, 2.75) is 69.1 Å². The van der Waals surface area contributed by atoms with Gasteiger partial charge in [0.05, 0.1) is 22.7 Å². The summed E-state index contributed by atoms with van der Waals surface area (Å²) >= 11 is 6.43. The van der Waals surface area contributed by atoms with Crippen LogP contribution >= 0.6 is 11.6 Å². The van der Waals surface area contributed by atoms with Gasteiger partial charge in [-0.05, 0) is 79.2 Å². The van der Waals surface area contributed by atoms with E-state index < -0.39 is 36.0 Å². The van der Waals surface area contributed by atoms with Crippen LogP contribution in [0.15, 0.2) is 48.7 Å². The zero-order valence-corrected chi connectivity index (χ0v) is 23.9. The Morgan fingerprint density at radius 1 is 1.19 bits per heavy atom. The van der Waals surface area contributed by atoms with Gasteiger partial charge in [0.15, 0.2) is 18.0 Å². The molecule has 2 aromatic heterocycles. The van der Waals surface area contributed by atoms with Gasteiger partial charge in [0.2, 0.25) is 5.28 Å². The minimum absolute atomic E-state index is 0.0309. The van der Waals surface area contributed by atoms with E-state index in [1.165, 1.54) is 11.6 Å². The molecule has 5 aliphatic rings. The van der Waals surface area contributed by atoms with Gasteiger partial charge in [-0.3, -0.25) is 4.79 Å². The molecule has 1 aliphatic heterocycles. The maximum Gasteiger partial charge on any atom is 0.338 e. The molecule has 0 spiro atoms. The number of rotatable bonds is 7. The van der Waals surface area contributed by atoms with Gasteiger partial charge in [-0.15, -0.1) is 0 Å². The molecule has 11 nitrogen and oxygen atoms in total. The van der Waals surface area contributed by atoms with E-state index in [4.69, 9.17) is 25.8 Å². The standard InChI is InChI=1S/C30H32ClN5O6/c1-15-22(14-40-28(38)18-6-4-3-5-7-18)42-27(24(15)41-16(2)37)36-26-21(13-32-36)25(34-29(31)35-26)33-23-19-8-17-9-20(23)12-30(39,10-17)11-19/h3-7,13,17,19-20,22-24,27,39H,1,8-12,14H2,2H3,(H,33,34,35)/t17?,19-,20?,22+,23?,24+,27+,30?/m0/s1. The summed E-state index contributed by atoms with van der Waals surface area (Å²) in [4.78, 5) is 33.5. The molecule has 4 aliphatic carbocycles. The second-order valence-electron chi connectivity index (χ2n) is 12.1. The highest BCUT2D eigenvalue weighted by Crippen LogP contribution is 2.56. The molecular formula is C30H32ClN5O6. The summed E-state index contributed by atoms with van der Waals surface area (Å²) in [6, 6.07) is 8.80. The molecule has 1 saturated heterocycles. The van der Waals surface area contributed by atoms with Gasteiger partial charge in [0.1, 0.15) is 18.5 Å². The number of hydrogen-bond donors (Lipinski definition) is 2. The third-order valence-electron chi connectivity index (χ3n) is 9.22. The first-order valence-corrected chi connectivity index (χ1v) is 14.7. The topological polar surface area (TPSA) is 138 Å². The number of halogens is 1. The molecule has 8 rings (SSSR count). The average Bonchev–Trinajstić information content (AvgIpc) is 3.49. The lowest BCUT2D eigenvalue weighted by Crippen LogP contribution is -2.59. The molecule has 3 heterocycles. The van der Waals surface area contributed by atoms with Crippen LogP contribution in [-0.2, 0) is 19.0 Å². The van der Waals surface area contributed by atoms with Gasteiger partial charge in [0.25, 0.3) is 0 Å². The van der Waals surface area contributed by atoms with E-state index in [0.717, 1.165) is 32.1 Å². The molecule has 2 N–H and O–H groups in total. The Balaban J connectivity index is 1.15. The predicted octanol–water partition coefficient (Wildman–Crippen LogP) is 4.07. The number of carbonyl (C=O) groups is 2. The predicted molar refractivity (Wildman–Crippen MR) is 152 cm³/mol. The number of aliphatic hydroxyl groups is 1. The first-order chi connectivity index (χ1) is 20.2. The van der Waals surface area contributed by atoms with Crippen LogP contribution in [0.1, 0.15) is 55.6 Å². The highest BCUT2D eigenvalue weighted by molar-refractivity contribution is 6.28. The first-order valence-electron chi connectivity index (χ1n) is 14.3. The number of nitrogens with one attached hydrogen (secondary N) is 1. The maximum absolute atomic E-state index is 12.5. The minimum Gasteiger partial charge on any atom is -0.459 e. The van der Waals surface area contributed by atoms with Crippen molar-refractivity contribution in [1.29, 1.82) is 0 Å². The van der Waals surface area contributed by atoms with Crippen molar-refractivity contribution in [3.05, 3.63) is 59.5 Å². The first kappa shape index (κ1) is 27.3. The van der Waals surface area contributed by atoms with Gasteiger partial charge >= 0.3 is 11.9 Å². The molecule has 12 heteroatoms. The maximum atomic E-state index is 12.5. The van der Waals surface area contributed by atoms with Gasteiger partial charge in [0, 0.05) is 13.0 Å². The monoisotopic (exact) mass is 593 g/mol. The Labute approximate surface area is 247 Å². The Hall–Kier alpha value is -3.54. The minimum atomic E-state index is -0.923. The number of anilines is 1. The van der Waals surface area contributed by atoms with Crippen molar-refractivity contribution >= 4 is 40.4 Å². The zero-order chi connectivity index (χ0) is 29.2. The summed E-state index contributed by atoms with van der Waals surface area (Å²) in [6.07, 6.45) is 3.73. The summed E-state index contributed by atoms with van der Waals surface area (Å²) in [5, 5.41) is 19.9. The molecule has 42 heavy (non-hydrogen) atoms. The van der Waals surface area contributed by atoms with Crippen LogP contribution in [-0.4, -0.2) is 67.3 Å². The molecular weight excluding hydrogens is 562 g/mol. The lowest BCUT2D eigenvalue weighted by Gasteiger charge is -2.58. The number of fused-ring (bicyclic) bond motifs is 1. The average molecular weight is 594 g/mol. The summed E-state index contributed by atoms with van der Waals surface area (Å²) in [5.41, 5.74) is 0.700. The van der Waals surface area contributed by atoms with Crippen LogP contribution < -0.4 is 5.32 Å². The van der Waals surface area contributed by atoms with Crippen molar-refractivity contribution in [1.82, 2.24) is 19.7 Å². The van der Waals surface area contributed by atoms with E-state index in [9.17, 15) is 14.7 Å². The fourth-order valence-corrected chi connectivity index (χ4v) is 7.88. The molecule has 0 amide bonds. The van der Waals surface area contributed by atoms with Crippen LogP contribution in [0.3, 0.4) is 0 Å². The fraction of sp³-hybridized carbons (Fsp3) is 0.500. The number of hydrogen-bond acceptors (Lipinski definition) is 10. The number of benzene rings is 1. The van der Waals surface area contributed by atoms with Gasteiger partial charge in [-0.2, -0.15) is 15.1 Å². The summed E-state index contributed by atoms with van der Waals surface area (Å²) < 4.78 is 18.8. The molecule has 4 bridgehead atoms. The van der Waals surface area contributed by atoms with Gasteiger partial charge < -0.3 is 24.6 Å². The summed E-state index contributed by atoms with van der Waals surface area (Å²) in [6.45, 7) is 5.27. The normalized spacial score (nSPS) is 33.2. The van der Waals surface area contributed by atoms with Crippen LogP contribution in [0.5, 0.6) is 0 Å². The molecule has 220 valence electrons. The number of aromatic nitrogens is 4. The van der Waals surface area contributed by atoms with Crippen molar-refractivity contribution in [2.24, 2.45) is 17.8 Å². The molecule has 1 aromatic carbocycles. The van der Waals surface area contributed by atoms with E-state index >= 15 is 0 Å². The van der Waals surface area contributed by atoms with Crippen LogP contribution in [0, 0.1) is 17.8 Å². The highest BCUT2D eigenvalue weighted by atomic mass is 35.5. The third-order valence-corrected chi connectivity index (χ3v) is 9.39. The Morgan fingerprint density at radius 2 is 1.93 bits per heavy atom. The van der Waals surface area contributed by atoms with E-state index in [1.807, 2.05) is 6.07 Å². The molecule has 0 radical (unpaired) electrons. The number of carbonyl (C=O) groups excluding carboxylic acids is 2. The number of ether oxygens (including phenoxy) is 3. The van der Waals surface area contributed by atoms with Gasteiger partial charge in [-0.25, -0.2) is 9.48 Å². The van der Waals surface area contributed by atoms with Gasteiger partial charge in [-0.1, -0.05) is 24.8 Å². The largest absolute Gasteiger partial charge is 0.459 e. The number of nitrogens with zero attached hydrogens (tertiary/aromatic N) is 4. The highest BCUT2D eigenvalue weighted by Gasteiger charge is 2.55. The lowest BCUT2D eigenvalue weighted by molar-refractivity contribution is -0.151. The van der Waals surface area contributed by atoms with Crippen LogP contribution in [0.4, 0.5) is 5.82 Å². The van der Waals surface area contributed by atoms with Crippen molar-refractivity contribution in [3.63, 3.8) is 0 Å². The molecule has 3 aromatic rings. The van der Waals surface area contributed by atoms with E-state index in [0.29, 0.717) is 45.7 Å². The number of esters is 2. The van der Waals surface area contributed by atoms with Crippen LogP contribution in [0.2, 0.25) is 5.28 Å². The van der Waals surface area contributed by atoms with E-state index in [-0.39, 0.29) is 17.9 Å². The third kappa shape index (κ3) is 4.83. The van der Waals surface area contributed by atoms with E-state index in [1.54, 1.807) is 30.5 Å². The smallest absolute Gasteiger partial charge is 0.338 e. The Kier molecular flexibility index (Phi) is 6.71. The second-order valence-corrected chi connectivity index (χ2v) is 12.5. The fourth-order valence-electron chi connectivity index (χ4n) is 7.72. The summed E-state index contributed by atoms with van der Waals surface area (Å²) in [7, 11) is 0. The Morgan fingerprint density at radius 3 is 2.62 bits per heavy atom. The van der Waals surface area contributed by atoms with E-state index in [2.05, 4.69) is 27.0 Å². The lowest BCUT2D eigenvalue weighted by atomic mass is 9.52.